The normalized spacial score (nSPS) is 16.5. The van der Waals surface area contributed by atoms with Crippen LogP contribution in [0.5, 0.6) is 0 Å². The van der Waals surface area contributed by atoms with Crippen molar-refractivity contribution >= 4 is 50.4 Å². The van der Waals surface area contributed by atoms with Crippen molar-refractivity contribution in [3.63, 3.8) is 0 Å². The van der Waals surface area contributed by atoms with Crippen LogP contribution in [0.3, 0.4) is 0 Å². The molecule has 0 saturated carbocycles. The van der Waals surface area contributed by atoms with Crippen LogP contribution < -0.4 is 16.4 Å². The highest BCUT2D eigenvalue weighted by atomic mass is 79.9. The molecule has 5 N–H and O–H groups in total. The lowest BCUT2D eigenvalue weighted by atomic mass is 9.91. The van der Waals surface area contributed by atoms with Crippen LogP contribution in [0.1, 0.15) is 30.3 Å². The summed E-state index contributed by atoms with van der Waals surface area (Å²) in [5.74, 6) is -0.213. The van der Waals surface area contributed by atoms with Crippen molar-refractivity contribution in [2.24, 2.45) is 11.5 Å². The number of rotatable bonds is 3. The van der Waals surface area contributed by atoms with Gasteiger partial charge < -0.3 is 16.4 Å². The molecule has 0 unspecified atom stereocenters. The van der Waals surface area contributed by atoms with E-state index < -0.39 is 5.91 Å². The Kier molecular flexibility index (Phi) is 4.76. The third-order valence-electron chi connectivity index (χ3n) is 5.04. The zero-order valence-corrected chi connectivity index (χ0v) is 17.5. The van der Waals surface area contributed by atoms with Gasteiger partial charge in [0.05, 0.1) is 10.4 Å². The predicted octanol–water partition coefficient (Wildman–Crippen LogP) is 2.85. The quantitative estimate of drug-likeness (QED) is 0.547. The molecular weight excluding hydrogens is 446 g/mol. The van der Waals surface area contributed by atoms with E-state index >= 15 is 0 Å². The zero-order valence-electron chi connectivity index (χ0n) is 15.2. The van der Waals surface area contributed by atoms with E-state index in [0.29, 0.717) is 46.4 Å². The Hall–Kier alpha value is -2.23. The lowest BCUT2D eigenvalue weighted by molar-refractivity contribution is 0.0997. The number of hydrogen-bond acceptors (Lipinski definition) is 6. The monoisotopic (exact) mass is 463 g/mol. The number of H-pyrrole nitrogens is 1. The van der Waals surface area contributed by atoms with Crippen molar-refractivity contribution in [1.29, 1.82) is 0 Å². The van der Waals surface area contributed by atoms with Gasteiger partial charge >= 0.3 is 0 Å². The molecule has 146 valence electrons. The molecule has 4 rings (SSSR count). The van der Waals surface area contributed by atoms with Crippen LogP contribution in [0.25, 0.3) is 22.3 Å². The summed E-state index contributed by atoms with van der Waals surface area (Å²) in [4.78, 5) is 23.3. The predicted molar refractivity (Wildman–Crippen MR) is 112 cm³/mol. The third kappa shape index (κ3) is 3.34. The number of nitrogens with two attached hydrogens (primary N) is 2. The van der Waals surface area contributed by atoms with E-state index in [0.717, 1.165) is 17.3 Å². The highest BCUT2D eigenvalue weighted by Crippen LogP contribution is 2.37. The topological polar surface area (TPSA) is 127 Å². The van der Waals surface area contributed by atoms with Crippen LogP contribution in [0.4, 0.5) is 5.95 Å². The molecule has 1 amide bonds. The van der Waals surface area contributed by atoms with Gasteiger partial charge in [0.1, 0.15) is 11.4 Å². The standard InChI is InChI=1S/C18H19BrClN7O/c1-18(22)5-7-27(8-6-18)17-23-14(15(21)28)11-13(25-26-16(11)24-17)9-3-2-4-10(19)12(9)20/h2-4H,5-8,22H2,1H3,(H2,21,28)(H,23,24,25,26). The van der Waals surface area contributed by atoms with Crippen LogP contribution in [0.15, 0.2) is 22.7 Å². The Morgan fingerprint density at radius 2 is 2.04 bits per heavy atom. The van der Waals surface area contributed by atoms with Gasteiger partial charge in [-0.25, -0.2) is 4.98 Å². The smallest absolute Gasteiger partial charge is 0.268 e. The van der Waals surface area contributed by atoms with Gasteiger partial charge in [0, 0.05) is 28.7 Å². The maximum Gasteiger partial charge on any atom is 0.268 e. The number of carbonyl (C=O) groups excluding carboxylic acids is 1. The summed E-state index contributed by atoms with van der Waals surface area (Å²) in [6.45, 7) is 3.44. The molecule has 1 fully saturated rings. The van der Waals surface area contributed by atoms with Gasteiger partial charge in [0.15, 0.2) is 5.65 Å². The highest BCUT2D eigenvalue weighted by molar-refractivity contribution is 9.10. The molecule has 1 aliphatic heterocycles. The summed E-state index contributed by atoms with van der Waals surface area (Å²) >= 11 is 9.83. The second kappa shape index (κ2) is 6.98. The van der Waals surface area contributed by atoms with Crippen molar-refractivity contribution in [1.82, 2.24) is 20.2 Å². The van der Waals surface area contributed by atoms with Gasteiger partial charge in [0.25, 0.3) is 5.91 Å². The summed E-state index contributed by atoms with van der Waals surface area (Å²) in [5, 5.41) is 8.17. The molecule has 1 aliphatic rings. The van der Waals surface area contributed by atoms with Crippen LogP contribution >= 0.6 is 27.5 Å². The van der Waals surface area contributed by atoms with E-state index in [2.05, 4.69) is 36.1 Å². The lowest BCUT2D eigenvalue weighted by Crippen LogP contribution is -2.48. The van der Waals surface area contributed by atoms with E-state index in [1.165, 1.54) is 0 Å². The van der Waals surface area contributed by atoms with Crippen molar-refractivity contribution < 1.29 is 4.79 Å². The van der Waals surface area contributed by atoms with Crippen LogP contribution in [-0.4, -0.2) is 44.7 Å². The minimum Gasteiger partial charge on any atom is -0.364 e. The molecule has 0 aliphatic carbocycles. The Morgan fingerprint density at radius 3 is 2.71 bits per heavy atom. The minimum absolute atomic E-state index is 0.112. The third-order valence-corrected chi connectivity index (χ3v) is 6.33. The highest BCUT2D eigenvalue weighted by Gasteiger charge is 2.29. The maximum atomic E-state index is 12.2. The molecule has 8 nitrogen and oxygen atoms in total. The van der Waals surface area contributed by atoms with Gasteiger partial charge in [-0.3, -0.25) is 9.89 Å². The van der Waals surface area contributed by atoms with Gasteiger partial charge in [0.2, 0.25) is 5.95 Å². The molecule has 28 heavy (non-hydrogen) atoms. The van der Waals surface area contributed by atoms with Crippen LogP contribution in [0.2, 0.25) is 5.02 Å². The fourth-order valence-electron chi connectivity index (χ4n) is 3.34. The van der Waals surface area contributed by atoms with Gasteiger partial charge in [-0.05, 0) is 41.8 Å². The first-order valence-electron chi connectivity index (χ1n) is 8.81. The molecule has 0 atom stereocenters. The average molecular weight is 465 g/mol. The Bertz CT molecular complexity index is 1070. The number of hydrogen-bond donors (Lipinski definition) is 3. The number of nitrogens with one attached hydrogen (secondary N) is 1. The van der Waals surface area contributed by atoms with E-state index in [-0.39, 0.29) is 11.2 Å². The van der Waals surface area contributed by atoms with Crippen molar-refractivity contribution in [2.45, 2.75) is 25.3 Å². The van der Waals surface area contributed by atoms with E-state index in [1.54, 1.807) is 0 Å². The summed E-state index contributed by atoms with van der Waals surface area (Å²) < 4.78 is 0.721. The summed E-state index contributed by atoms with van der Waals surface area (Å²) in [6, 6.07) is 5.47. The fourth-order valence-corrected chi connectivity index (χ4v) is 3.92. The Morgan fingerprint density at radius 1 is 1.32 bits per heavy atom. The van der Waals surface area contributed by atoms with Crippen molar-refractivity contribution in [2.75, 3.05) is 18.0 Å². The first-order valence-corrected chi connectivity index (χ1v) is 9.98. The SMILES string of the molecule is CC1(N)CCN(c2nc(C(N)=O)c3c(-c4cccc(Br)c4Cl)n[nH]c3n2)CC1. The van der Waals surface area contributed by atoms with Gasteiger partial charge in [-0.1, -0.05) is 23.7 Å². The second-order valence-electron chi connectivity index (χ2n) is 7.27. The summed E-state index contributed by atoms with van der Waals surface area (Å²) in [5.41, 5.74) is 13.3. The number of nitrogens with zero attached hydrogens (tertiary/aromatic N) is 4. The number of primary amides is 1. The van der Waals surface area contributed by atoms with Crippen molar-refractivity contribution in [3.8, 4) is 11.3 Å². The zero-order chi connectivity index (χ0) is 20.1. The molecule has 1 saturated heterocycles. The fraction of sp³-hybridized carbons (Fsp3) is 0.333. The average Bonchev–Trinajstić information content (AvgIpc) is 3.07. The number of benzene rings is 1. The van der Waals surface area contributed by atoms with E-state index in [9.17, 15) is 4.79 Å². The second-order valence-corrected chi connectivity index (χ2v) is 8.51. The molecule has 3 aromatic rings. The minimum atomic E-state index is -0.650. The number of halogens is 2. The molecule has 0 bridgehead atoms. The van der Waals surface area contributed by atoms with Crippen LogP contribution in [0, 0.1) is 0 Å². The number of piperidine rings is 1. The van der Waals surface area contributed by atoms with Gasteiger partial charge in [-0.2, -0.15) is 10.1 Å². The molecule has 10 heteroatoms. The van der Waals surface area contributed by atoms with Crippen LogP contribution in [-0.2, 0) is 0 Å². The Balaban J connectivity index is 1.84. The number of aromatic amines is 1. The number of fused-ring (bicyclic) bond motifs is 1. The largest absolute Gasteiger partial charge is 0.364 e. The van der Waals surface area contributed by atoms with E-state index in [1.807, 2.05) is 30.0 Å². The summed E-state index contributed by atoms with van der Waals surface area (Å²) in [7, 11) is 0. The number of carbonyl (C=O) groups is 1. The molecule has 1 aromatic carbocycles. The molecule has 0 spiro atoms. The summed E-state index contributed by atoms with van der Waals surface area (Å²) in [6.07, 6.45) is 1.62. The van der Waals surface area contributed by atoms with E-state index in [4.69, 9.17) is 23.1 Å². The van der Waals surface area contributed by atoms with Crippen molar-refractivity contribution in [3.05, 3.63) is 33.4 Å². The molecular formula is C18H19BrClN7O. The number of aromatic nitrogens is 4. The lowest BCUT2D eigenvalue weighted by Gasteiger charge is -2.36. The van der Waals surface area contributed by atoms with Gasteiger partial charge in [-0.15, -0.1) is 0 Å². The first-order chi connectivity index (χ1) is 13.3. The maximum absolute atomic E-state index is 12.2. The Labute approximate surface area is 174 Å². The molecule has 3 heterocycles. The first kappa shape index (κ1) is 19.1. The number of anilines is 1. The molecule has 0 radical (unpaired) electrons. The molecule has 2 aromatic heterocycles. The number of amides is 1.